The summed E-state index contributed by atoms with van der Waals surface area (Å²) >= 11 is 0. The lowest BCUT2D eigenvalue weighted by Gasteiger charge is -2.20. The van der Waals surface area contributed by atoms with E-state index in [9.17, 15) is 14.4 Å². The number of imide groups is 1. The van der Waals surface area contributed by atoms with Crippen LogP contribution in [0.1, 0.15) is 23.3 Å². The van der Waals surface area contributed by atoms with Crippen molar-refractivity contribution in [2.24, 2.45) is 5.41 Å². The predicted octanol–water partition coefficient (Wildman–Crippen LogP) is -0.0396. The molecule has 2 saturated heterocycles. The summed E-state index contributed by atoms with van der Waals surface area (Å²) in [6, 6.07) is 5.14. The first-order valence-corrected chi connectivity index (χ1v) is 6.15. The number of hydrogen-bond acceptors (Lipinski definition) is 4. The van der Waals surface area contributed by atoms with E-state index < -0.39 is 5.41 Å². The summed E-state index contributed by atoms with van der Waals surface area (Å²) in [5.74, 6) is -0.699. The number of carbonyl (C=O) groups excluding carboxylic acids is 3. The summed E-state index contributed by atoms with van der Waals surface area (Å²) < 4.78 is 0. The second-order valence-electron chi connectivity index (χ2n) is 5.03. The SMILES string of the molecule is O=C1C[C@]2(CCN(C(=O)c3ccccn3)C2)C(=O)N1. The van der Waals surface area contributed by atoms with Crippen LogP contribution in [0.25, 0.3) is 0 Å². The maximum absolute atomic E-state index is 12.2. The number of aromatic nitrogens is 1. The summed E-state index contributed by atoms with van der Waals surface area (Å²) in [7, 11) is 0. The maximum atomic E-state index is 12.2. The zero-order valence-electron chi connectivity index (χ0n) is 10.3. The van der Waals surface area contributed by atoms with Gasteiger partial charge < -0.3 is 4.90 Å². The molecule has 1 aromatic heterocycles. The van der Waals surface area contributed by atoms with Crippen LogP contribution in [0.15, 0.2) is 24.4 Å². The third-order valence-corrected chi connectivity index (χ3v) is 3.76. The molecule has 0 unspecified atom stereocenters. The van der Waals surface area contributed by atoms with Gasteiger partial charge in [-0.2, -0.15) is 0 Å². The van der Waals surface area contributed by atoms with Gasteiger partial charge in [-0.25, -0.2) is 0 Å². The molecule has 3 heterocycles. The number of nitrogens with one attached hydrogen (secondary N) is 1. The second kappa shape index (κ2) is 4.15. The van der Waals surface area contributed by atoms with E-state index in [1.807, 2.05) is 0 Å². The quantitative estimate of drug-likeness (QED) is 0.718. The molecule has 1 N–H and O–H groups in total. The number of carbonyl (C=O) groups is 3. The molecule has 1 atom stereocenters. The first-order valence-electron chi connectivity index (χ1n) is 6.15. The van der Waals surface area contributed by atoms with Crippen LogP contribution in [0, 0.1) is 5.41 Å². The van der Waals surface area contributed by atoms with Gasteiger partial charge >= 0.3 is 0 Å². The molecule has 0 aliphatic carbocycles. The largest absolute Gasteiger partial charge is 0.336 e. The highest BCUT2D eigenvalue weighted by Crippen LogP contribution is 2.37. The zero-order chi connectivity index (χ0) is 13.5. The monoisotopic (exact) mass is 259 g/mol. The van der Waals surface area contributed by atoms with Crippen molar-refractivity contribution in [2.75, 3.05) is 13.1 Å². The van der Waals surface area contributed by atoms with Crippen molar-refractivity contribution in [3.63, 3.8) is 0 Å². The average Bonchev–Trinajstić information content (AvgIpc) is 2.95. The van der Waals surface area contributed by atoms with Crippen molar-refractivity contribution in [2.45, 2.75) is 12.8 Å². The number of pyridine rings is 1. The van der Waals surface area contributed by atoms with Gasteiger partial charge in [0.25, 0.3) is 5.91 Å². The van der Waals surface area contributed by atoms with E-state index in [-0.39, 0.29) is 24.1 Å². The Morgan fingerprint density at radius 2 is 2.21 bits per heavy atom. The summed E-state index contributed by atoms with van der Waals surface area (Å²) in [5.41, 5.74) is -0.356. The average molecular weight is 259 g/mol. The Labute approximate surface area is 109 Å². The Kier molecular flexibility index (Phi) is 2.58. The van der Waals surface area contributed by atoms with Crippen LogP contribution in [0.5, 0.6) is 0 Å². The number of rotatable bonds is 1. The van der Waals surface area contributed by atoms with Crippen LogP contribution < -0.4 is 5.32 Å². The van der Waals surface area contributed by atoms with Crippen molar-refractivity contribution in [3.05, 3.63) is 30.1 Å². The Bertz CT molecular complexity index is 558. The Morgan fingerprint density at radius 1 is 1.37 bits per heavy atom. The molecule has 0 bridgehead atoms. The van der Waals surface area contributed by atoms with Crippen LogP contribution in [0.3, 0.4) is 0 Å². The van der Waals surface area contributed by atoms with Crippen LogP contribution in [0.2, 0.25) is 0 Å². The van der Waals surface area contributed by atoms with Gasteiger partial charge in [0.05, 0.1) is 5.41 Å². The molecule has 6 nitrogen and oxygen atoms in total. The fourth-order valence-electron chi connectivity index (χ4n) is 2.72. The maximum Gasteiger partial charge on any atom is 0.272 e. The molecular weight excluding hydrogens is 246 g/mol. The minimum absolute atomic E-state index is 0.178. The van der Waals surface area contributed by atoms with Crippen molar-refractivity contribution in [3.8, 4) is 0 Å². The summed E-state index contributed by atoms with van der Waals surface area (Å²) in [6.45, 7) is 0.774. The summed E-state index contributed by atoms with van der Waals surface area (Å²) in [5, 5.41) is 2.32. The van der Waals surface area contributed by atoms with E-state index >= 15 is 0 Å². The second-order valence-corrected chi connectivity index (χ2v) is 5.03. The minimum Gasteiger partial charge on any atom is -0.336 e. The van der Waals surface area contributed by atoms with Crippen molar-refractivity contribution < 1.29 is 14.4 Å². The highest BCUT2D eigenvalue weighted by molar-refractivity contribution is 6.06. The molecule has 2 fully saturated rings. The van der Waals surface area contributed by atoms with E-state index in [0.29, 0.717) is 25.2 Å². The first kappa shape index (κ1) is 11.8. The Hall–Kier alpha value is -2.24. The lowest BCUT2D eigenvalue weighted by atomic mass is 9.85. The third kappa shape index (κ3) is 1.89. The van der Waals surface area contributed by atoms with Gasteiger partial charge in [0.2, 0.25) is 11.8 Å². The molecule has 1 aromatic rings. The molecule has 98 valence electrons. The van der Waals surface area contributed by atoms with Crippen LogP contribution in [-0.2, 0) is 9.59 Å². The van der Waals surface area contributed by atoms with E-state index in [1.54, 1.807) is 29.3 Å². The zero-order valence-corrected chi connectivity index (χ0v) is 10.3. The number of hydrogen-bond donors (Lipinski definition) is 1. The normalized spacial score (nSPS) is 26.0. The molecule has 0 aromatic carbocycles. The molecule has 2 aliphatic rings. The lowest BCUT2D eigenvalue weighted by Crippen LogP contribution is -2.36. The molecule has 2 aliphatic heterocycles. The summed E-state index contributed by atoms with van der Waals surface area (Å²) in [4.78, 5) is 41.0. The minimum atomic E-state index is -0.721. The van der Waals surface area contributed by atoms with Gasteiger partial charge in [-0.15, -0.1) is 0 Å². The number of amides is 3. The molecule has 19 heavy (non-hydrogen) atoms. The molecule has 1 spiro atoms. The van der Waals surface area contributed by atoms with Crippen molar-refractivity contribution >= 4 is 17.7 Å². The number of likely N-dealkylation sites (tertiary alicyclic amines) is 1. The standard InChI is InChI=1S/C13H13N3O3/c17-10-7-13(12(19)15-10)4-6-16(8-13)11(18)9-3-1-2-5-14-9/h1-3,5H,4,6-8H2,(H,15,17,19)/t13-/m0/s1. The molecule has 0 saturated carbocycles. The fraction of sp³-hybridized carbons (Fsp3) is 0.385. The Morgan fingerprint density at radius 3 is 2.84 bits per heavy atom. The van der Waals surface area contributed by atoms with E-state index in [4.69, 9.17) is 0 Å². The van der Waals surface area contributed by atoms with Gasteiger partial charge in [0.1, 0.15) is 5.69 Å². The summed E-state index contributed by atoms with van der Waals surface area (Å²) in [6.07, 6.45) is 2.27. The van der Waals surface area contributed by atoms with E-state index in [1.165, 1.54) is 0 Å². The van der Waals surface area contributed by atoms with Gasteiger partial charge in [0, 0.05) is 25.7 Å². The Balaban J connectivity index is 1.78. The molecule has 3 amide bonds. The molecule has 0 radical (unpaired) electrons. The van der Waals surface area contributed by atoms with Crippen molar-refractivity contribution in [1.29, 1.82) is 0 Å². The predicted molar refractivity (Wildman–Crippen MR) is 65.0 cm³/mol. The molecule has 6 heteroatoms. The van der Waals surface area contributed by atoms with Gasteiger partial charge in [0.15, 0.2) is 0 Å². The highest BCUT2D eigenvalue weighted by Gasteiger charge is 2.51. The molecular formula is C13H13N3O3. The van der Waals surface area contributed by atoms with Gasteiger partial charge in [-0.05, 0) is 18.6 Å². The fourth-order valence-corrected chi connectivity index (χ4v) is 2.72. The highest BCUT2D eigenvalue weighted by atomic mass is 16.2. The van der Waals surface area contributed by atoms with Gasteiger partial charge in [-0.3, -0.25) is 24.7 Å². The van der Waals surface area contributed by atoms with E-state index in [2.05, 4.69) is 10.3 Å². The van der Waals surface area contributed by atoms with Crippen LogP contribution in [0.4, 0.5) is 0 Å². The third-order valence-electron chi connectivity index (χ3n) is 3.76. The van der Waals surface area contributed by atoms with Gasteiger partial charge in [-0.1, -0.05) is 6.07 Å². The van der Waals surface area contributed by atoms with Crippen molar-refractivity contribution in [1.82, 2.24) is 15.2 Å². The smallest absolute Gasteiger partial charge is 0.272 e. The molecule has 3 rings (SSSR count). The number of nitrogens with zero attached hydrogens (tertiary/aromatic N) is 2. The van der Waals surface area contributed by atoms with Crippen LogP contribution >= 0.6 is 0 Å². The van der Waals surface area contributed by atoms with E-state index in [0.717, 1.165) is 0 Å². The lowest BCUT2D eigenvalue weighted by molar-refractivity contribution is -0.128. The van der Waals surface area contributed by atoms with Crippen LogP contribution in [-0.4, -0.2) is 40.7 Å². The first-order chi connectivity index (χ1) is 9.11. The topological polar surface area (TPSA) is 79.4 Å².